The van der Waals surface area contributed by atoms with E-state index in [2.05, 4.69) is 12.6 Å². The average Bonchev–Trinajstić information content (AvgIpc) is 1.97. The minimum atomic E-state index is -0.721. The van der Waals surface area contributed by atoms with Gasteiger partial charge in [0.15, 0.2) is 0 Å². The molecule has 1 unspecified atom stereocenters. The van der Waals surface area contributed by atoms with Crippen LogP contribution in [0.3, 0.4) is 0 Å². The van der Waals surface area contributed by atoms with E-state index in [9.17, 15) is 4.79 Å². The molecule has 11 heavy (non-hydrogen) atoms. The molecular formula is C7H14O2S2. The van der Waals surface area contributed by atoms with Crippen LogP contribution >= 0.6 is 24.4 Å². The van der Waals surface area contributed by atoms with Crippen LogP contribution in [0.25, 0.3) is 0 Å². The van der Waals surface area contributed by atoms with Crippen LogP contribution in [0.1, 0.15) is 19.8 Å². The second-order valence-corrected chi connectivity index (χ2v) is 4.18. The van der Waals surface area contributed by atoms with E-state index in [-0.39, 0.29) is 5.25 Å². The standard InChI is InChI=1S/C7H14O2S2/c1-6(7(8)9)11-5-3-2-4-10/h6,10H,2-5H2,1H3,(H,8,9). The number of carboxylic acids is 1. The number of aliphatic carboxylic acids is 1. The van der Waals surface area contributed by atoms with Gasteiger partial charge in [-0.05, 0) is 31.3 Å². The van der Waals surface area contributed by atoms with Crippen molar-refractivity contribution in [2.45, 2.75) is 25.0 Å². The van der Waals surface area contributed by atoms with Crippen LogP contribution < -0.4 is 0 Å². The minimum Gasteiger partial charge on any atom is -0.480 e. The molecule has 0 saturated heterocycles. The van der Waals surface area contributed by atoms with Gasteiger partial charge in [0.05, 0.1) is 5.25 Å². The third-order valence-corrected chi connectivity index (χ3v) is 2.81. The van der Waals surface area contributed by atoms with Crippen molar-refractivity contribution in [3.63, 3.8) is 0 Å². The topological polar surface area (TPSA) is 37.3 Å². The molecule has 66 valence electrons. The van der Waals surface area contributed by atoms with Crippen LogP contribution in [0.5, 0.6) is 0 Å². The Morgan fingerprint density at radius 1 is 1.64 bits per heavy atom. The zero-order valence-electron chi connectivity index (χ0n) is 6.62. The predicted octanol–water partition coefficient (Wildman–Crippen LogP) is 1.90. The van der Waals surface area contributed by atoms with E-state index in [4.69, 9.17) is 5.11 Å². The lowest BCUT2D eigenvalue weighted by Gasteiger charge is -2.04. The van der Waals surface area contributed by atoms with E-state index in [0.717, 1.165) is 24.3 Å². The number of thiol groups is 1. The van der Waals surface area contributed by atoms with Gasteiger partial charge in [-0.3, -0.25) is 4.79 Å². The van der Waals surface area contributed by atoms with Gasteiger partial charge in [0, 0.05) is 0 Å². The summed E-state index contributed by atoms with van der Waals surface area (Å²) in [7, 11) is 0. The van der Waals surface area contributed by atoms with Gasteiger partial charge in [-0.1, -0.05) is 0 Å². The Kier molecular flexibility index (Phi) is 6.96. The minimum absolute atomic E-state index is 0.269. The van der Waals surface area contributed by atoms with Crippen molar-refractivity contribution in [1.29, 1.82) is 0 Å². The molecule has 0 fully saturated rings. The van der Waals surface area contributed by atoms with Gasteiger partial charge in [-0.15, -0.1) is 11.8 Å². The fourth-order valence-electron chi connectivity index (χ4n) is 0.545. The molecule has 0 rings (SSSR count). The molecule has 0 bridgehead atoms. The van der Waals surface area contributed by atoms with Crippen molar-refractivity contribution in [3.8, 4) is 0 Å². The van der Waals surface area contributed by atoms with Gasteiger partial charge >= 0.3 is 5.97 Å². The lowest BCUT2D eigenvalue weighted by molar-refractivity contribution is -0.136. The first-order valence-electron chi connectivity index (χ1n) is 3.63. The molecule has 0 aromatic rings. The van der Waals surface area contributed by atoms with E-state index in [0.29, 0.717) is 0 Å². The van der Waals surface area contributed by atoms with E-state index in [1.165, 1.54) is 11.8 Å². The molecule has 1 atom stereocenters. The molecule has 0 aromatic carbocycles. The van der Waals surface area contributed by atoms with Crippen LogP contribution in [0, 0.1) is 0 Å². The van der Waals surface area contributed by atoms with Crippen LogP contribution in [0.2, 0.25) is 0 Å². The maximum Gasteiger partial charge on any atom is 0.316 e. The number of hydrogen-bond donors (Lipinski definition) is 2. The maximum absolute atomic E-state index is 10.3. The number of unbranched alkanes of at least 4 members (excludes halogenated alkanes) is 1. The molecule has 2 nitrogen and oxygen atoms in total. The first kappa shape index (κ1) is 11.2. The zero-order chi connectivity index (χ0) is 8.69. The number of rotatable bonds is 6. The molecule has 1 N–H and O–H groups in total. The van der Waals surface area contributed by atoms with Crippen LogP contribution in [-0.4, -0.2) is 27.8 Å². The Balaban J connectivity index is 3.17. The highest BCUT2D eigenvalue weighted by atomic mass is 32.2. The third kappa shape index (κ3) is 6.56. The van der Waals surface area contributed by atoms with Crippen molar-refractivity contribution < 1.29 is 9.90 Å². The summed E-state index contributed by atoms with van der Waals surface area (Å²) in [4.78, 5) is 10.3. The summed E-state index contributed by atoms with van der Waals surface area (Å²) in [5.74, 6) is 1.09. The largest absolute Gasteiger partial charge is 0.480 e. The Labute approximate surface area is 77.2 Å². The van der Waals surface area contributed by atoms with Gasteiger partial charge in [-0.2, -0.15) is 12.6 Å². The summed E-state index contributed by atoms with van der Waals surface area (Å²) in [6.07, 6.45) is 2.13. The molecule has 4 heteroatoms. The molecule has 0 aliphatic heterocycles. The van der Waals surface area contributed by atoms with E-state index < -0.39 is 5.97 Å². The maximum atomic E-state index is 10.3. The fourth-order valence-corrected chi connectivity index (χ4v) is 1.64. The summed E-state index contributed by atoms with van der Waals surface area (Å²) in [6.45, 7) is 1.72. The van der Waals surface area contributed by atoms with Gasteiger partial charge in [0.25, 0.3) is 0 Å². The smallest absolute Gasteiger partial charge is 0.316 e. The second kappa shape index (κ2) is 6.85. The summed E-state index contributed by atoms with van der Waals surface area (Å²) >= 11 is 5.55. The molecule has 0 spiro atoms. The lowest BCUT2D eigenvalue weighted by Crippen LogP contribution is -2.11. The molecule has 0 saturated carbocycles. The lowest BCUT2D eigenvalue weighted by atomic mass is 10.4. The molecule has 0 amide bonds. The van der Waals surface area contributed by atoms with Crippen LogP contribution in [0.15, 0.2) is 0 Å². The molecule has 0 radical (unpaired) electrons. The number of thioether (sulfide) groups is 1. The van der Waals surface area contributed by atoms with Gasteiger partial charge in [0.1, 0.15) is 0 Å². The summed E-state index contributed by atoms with van der Waals surface area (Å²) < 4.78 is 0. The Hall–Kier alpha value is 0.170. The van der Waals surface area contributed by atoms with E-state index >= 15 is 0 Å². The Morgan fingerprint density at radius 3 is 2.73 bits per heavy atom. The van der Waals surface area contributed by atoms with Crippen LogP contribution in [0.4, 0.5) is 0 Å². The van der Waals surface area contributed by atoms with Crippen molar-refractivity contribution in [1.82, 2.24) is 0 Å². The zero-order valence-corrected chi connectivity index (χ0v) is 8.33. The average molecular weight is 194 g/mol. The number of hydrogen-bond acceptors (Lipinski definition) is 3. The second-order valence-electron chi connectivity index (χ2n) is 2.28. The van der Waals surface area contributed by atoms with Gasteiger partial charge in [-0.25, -0.2) is 0 Å². The summed E-state index contributed by atoms with van der Waals surface area (Å²) in [5.41, 5.74) is 0. The quantitative estimate of drug-likeness (QED) is 0.501. The highest BCUT2D eigenvalue weighted by Crippen LogP contribution is 2.12. The van der Waals surface area contributed by atoms with Crippen molar-refractivity contribution >= 4 is 30.4 Å². The fraction of sp³-hybridized carbons (Fsp3) is 0.857. The van der Waals surface area contributed by atoms with Crippen LogP contribution in [-0.2, 0) is 4.79 Å². The summed E-state index contributed by atoms with van der Waals surface area (Å²) in [5, 5.41) is 8.23. The van der Waals surface area contributed by atoms with Gasteiger partial charge < -0.3 is 5.11 Å². The highest BCUT2D eigenvalue weighted by Gasteiger charge is 2.09. The third-order valence-electron chi connectivity index (χ3n) is 1.27. The normalized spacial score (nSPS) is 12.9. The van der Waals surface area contributed by atoms with Gasteiger partial charge in [0.2, 0.25) is 0 Å². The Bertz CT molecular complexity index is 117. The molecule has 0 aliphatic carbocycles. The molecule has 0 aliphatic rings. The Morgan fingerprint density at radius 2 is 2.27 bits per heavy atom. The summed E-state index contributed by atoms with van der Waals surface area (Å²) in [6, 6.07) is 0. The SMILES string of the molecule is CC(SCCCCS)C(=O)O. The number of carboxylic acid groups (broad SMARTS) is 1. The molecular weight excluding hydrogens is 180 g/mol. The highest BCUT2D eigenvalue weighted by molar-refractivity contribution is 8.00. The first-order chi connectivity index (χ1) is 5.18. The first-order valence-corrected chi connectivity index (χ1v) is 5.32. The monoisotopic (exact) mass is 194 g/mol. The van der Waals surface area contributed by atoms with E-state index in [1.807, 2.05) is 0 Å². The molecule has 0 heterocycles. The van der Waals surface area contributed by atoms with Crippen molar-refractivity contribution in [2.75, 3.05) is 11.5 Å². The molecule has 0 aromatic heterocycles. The predicted molar refractivity (Wildman–Crippen MR) is 52.6 cm³/mol. The van der Waals surface area contributed by atoms with Crippen molar-refractivity contribution in [3.05, 3.63) is 0 Å². The van der Waals surface area contributed by atoms with Crippen molar-refractivity contribution in [2.24, 2.45) is 0 Å². The van der Waals surface area contributed by atoms with E-state index in [1.54, 1.807) is 6.92 Å². The number of carbonyl (C=O) groups is 1.